The van der Waals surface area contributed by atoms with E-state index >= 15 is 0 Å². The highest BCUT2D eigenvalue weighted by Gasteiger charge is 2.25. The van der Waals surface area contributed by atoms with Gasteiger partial charge in [0.15, 0.2) is 0 Å². The average molecular weight is 229 g/mol. The SMILES string of the molecule is C=CC[C@H](NC(=O)OC)C(=O)OC(C)(C)C. The molecule has 5 nitrogen and oxygen atoms in total. The number of carbonyl (C=O) groups is 2. The maximum Gasteiger partial charge on any atom is 0.407 e. The summed E-state index contributed by atoms with van der Waals surface area (Å²) >= 11 is 0. The van der Waals surface area contributed by atoms with E-state index in [1.807, 2.05) is 0 Å². The van der Waals surface area contributed by atoms with E-state index in [4.69, 9.17) is 4.74 Å². The number of methoxy groups -OCH3 is 1. The molecule has 5 heteroatoms. The molecular formula is C11H19NO4. The molecule has 0 aromatic rings. The Morgan fingerprint density at radius 1 is 1.44 bits per heavy atom. The largest absolute Gasteiger partial charge is 0.458 e. The number of hydrogen-bond acceptors (Lipinski definition) is 4. The van der Waals surface area contributed by atoms with E-state index in [0.717, 1.165) is 0 Å². The van der Waals surface area contributed by atoms with Crippen molar-refractivity contribution in [3.8, 4) is 0 Å². The Morgan fingerprint density at radius 3 is 2.38 bits per heavy atom. The van der Waals surface area contributed by atoms with Crippen LogP contribution in [0.1, 0.15) is 27.2 Å². The summed E-state index contributed by atoms with van der Waals surface area (Å²) in [5.74, 6) is -0.502. The quantitative estimate of drug-likeness (QED) is 0.587. The van der Waals surface area contributed by atoms with Gasteiger partial charge in [-0.25, -0.2) is 9.59 Å². The summed E-state index contributed by atoms with van der Waals surface area (Å²) in [5.41, 5.74) is -0.589. The van der Waals surface area contributed by atoms with Crippen molar-refractivity contribution in [2.45, 2.75) is 38.8 Å². The molecule has 0 saturated carbocycles. The van der Waals surface area contributed by atoms with Crippen molar-refractivity contribution in [1.82, 2.24) is 5.32 Å². The summed E-state index contributed by atoms with van der Waals surface area (Å²) in [4.78, 5) is 22.7. The summed E-state index contributed by atoms with van der Waals surface area (Å²) in [7, 11) is 1.23. The molecule has 0 radical (unpaired) electrons. The van der Waals surface area contributed by atoms with Gasteiger partial charge in [-0.3, -0.25) is 0 Å². The second-order valence-electron chi connectivity index (χ2n) is 4.25. The van der Waals surface area contributed by atoms with Crippen LogP contribution in [0.3, 0.4) is 0 Å². The van der Waals surface area contributed by atoms with Crippen LogP contribution in [0, 0.1) is 0 Å². The Hall–Kier alpha value is -1.52. The highest BCUT2D eigenvalue weighted by molar-refractivity contribution is 5.81. The van der Waals surface area contributed by atoms with Crippen LogP contribution in [0.4, 0.5) is 4.79 Å². The van der Waals surface area contributed by atoms with Crippen LogP contribution in [0.2, 0.25) is 0 Å². The Kier molecular flexibility index (Phi) is 5.56. The molecule has 0 heterocycles. The van der Waals surface area contributed by atoms with Crippen LogP contribution in [0.25, 0.3) is 0 Å². The number of hydrogen-bond donors (Lipinski definition) is 1. The van der Waals surface area contributed by atoms with Crippen molar-refractivity contribution in [2.75, 3.05) is 7.11 Å². The number of nitrogens with one attached hydrogen (secondary N) is 1. The minimum Gasteiger partial charge on any atom is -0.458 e. The van der Waals surface area contributed by atoms with Crippen molar-refractivity contribution in [3.63, 3.8) is 0 Å². The number of esters is 1. The molecule has 0 unspecified atom stereocenters. The van der Waals surface area contributed by atoms with Gasteiger partial charge in [0.2, 0.25) is 0 Å². The first-order valence-electron chi connectivity index (χ1n) is 4.98. The summed E-state index contributed by atoms with van der Waals surface area (Å²) in [6, 6.07) is -0.760. The number of rotatable bonds is 4. The van der Waals surface area contributed by atoms with Gasteiger partial charge in [0.25, 0.3) is 0 Å². The fourth-order valence-corrected chi connectivity index (χ4v) is 0.955. The zero-order valence-electron chi connectivity index (χ0n) is 10.2. The molecule has 0 bridgehead atoms. The van der Waals surface area contributed by atoms with Crippen LogP contribution in [-0.4, -0.2) is 30.8 Å². The maximum absolute atomic E-state index is 11.7. The normalized spacial score (nSPS) is 12.5. The monoisotopic (exact) mass is 229 g/mol. The summed E-state index contributed by atoms with van der Waals surface area (Å²) < 4.78 is 9.56. The molecule has 0 saturated heterocycles. The molecule has 0 fully saturated rings. The number of ether oxygens (including phenoxy) is 2. The van der Waals surface area contributed by atoms with E-state index in [0.29, 0.717) is 6.42 Å². The smallest absolute Gasteiger partial charge is 0.407 e. The molecule has 1 amide bonds. The Bertz CT molecular complexity index is 268. The summed E-state index contributed by atoms with van der Waals surface area (Å²) in [5, 5.41) is 2.38. The molecule has 0 aromatic heterocycles. The standard InChI is InChI=1S/C11H19NO4/c1-6-7-8(12-10(14)15-5)9(13)16-11(2,3)4/h6,8H,1,7H2,2-5H3,(H,12,14)/t8-/m0/s1. The second kappa shape index (κ2) is 6.15. The molecule has 1 N–H and O–H groups in total. The van der Waals surface area contributed by atoms with E-state index in [-0.39, 0.29) is 0 Å². The fourth-order valence-electron chi connectivity index (χ4n) is 0.955. The van der Waals surface area contributed by atoms with Gasteiger partial charge in [0.05, 0.1) is 7.11 Å². The van der Waals surface area contributed by atoms with Crippen LogP contribution in [0.15, 0.2) is 12.7 Å². The number of amides is 1. The van der Waals surface area contributed by atoms with Crippen LogP contribution < -0.4 is 5.32 Å². The average Bonchev–Trinajstić information content (AvgIpc) is 2.14. The molecule has 92 valence electrons. The van der Waals surface area contributed by atoms with Crippen molar-refractivity contribution < 1.29 is 19.1 Å². The third-order valence-electron chi connectivity index (χ3n) is 1.57. The van der Waals surface area contributed by atoms with Gasteiger partial charge in [0, 0.05) is 0 Å². The van der Waals surface area contributed by atoms with Gasteiger partial charge in [-0.05, 0) is 27.2 Å². The topological polar surface area (TPSA) is 64.6 Å². The molecule has 0 spiro atoms. The molecule has 0 aliphatic rings. The fraction of sp³-hybridized carbons (Fsp3) is 0.636. The van der Waals surface area contributed by atoms with Gasteiger partial charge < -0.3 is 14.8 Å². The maximum atomic E-state index is 11.7. The summed E-state index contributed by atoms with van der Waals surface area (Å²) in [6.07, 6.45) is 1.16. The Morgan fingerprint density at radius 2 is 2.00 bits per heavy atom. The minimum absolute atomic E-state index is 0.296. The molecule has 0 aromatic carbocycles. The van der Waals surface area contributed by atoms with Crippen LogP contribution in [-0.2, 0) is 14.3 Å². The van der Waals surface area contributed by atoms with Gasteiger partial charge >= 0.3 is 12.1 Å². The second-order valence-corrected chi connectivity index (χ2v) is 4.25. The first-order valence-corrected chi connectivity index (χ1v) is 4.98. The molecule has 0 rings (SSSR count). The van der Waals surface area contributed by atoms with Gasteiger partial charge in [-0.1, -0.05) is 6.08 Å². The Labute approximate surface area is 95.8 Å². The molecular weight excluding hydrogens is 210 g/mol. The van der Waals surface area contributed by atoms with Gasteiger partial charge in [-0.15, -0.1) is 6.58 Å². The molecule has 0 aliphatic carbocycles. The minimum atomic E-state index is -0.760. The van der Waals surface area contributed by atoms with E-state index < -0.39 is 23.7 Å². The molecule has 16 heavy (non-hydrogen) atoms. The molecule has 0 aliphatic heterocycles. The van der Waals surface area contributed by atoms with Crippen LogP contribution >= 0.6 is 0 Å². The van der Waals surface area contributed by atoms with Crippen molar-refractivity contribution in [2.24, 2.45) is 0 Å². The predicted molar refractivity (Wildman–Crippen MR) is 60.0 cm³/mol. The number of carbonyl (C=O) groups excluding carboxylic acids is 2. The summed E-state index contributed by atoms with van der Waals surface area (Å²) in [6.45, 7) is 8.79. The van der Waals surface area contributed by atoms with Crippen LogP contribution in [0.5, 0.6) is 0 Å². The lowest BCUT2D eigenvalue weighted by atomic mass is 10.1. The Balaban J connectivity index is 4.46. The predicted octanol–water partition coefficient (Wildman–Crippen LogP) is 1.63. The lowest BCUT2D eigenvalue weighted by molar-refractivity contribution is -0.157. The highest BCUT2D eigenvalue weighted by Crippen LogP contribution is 2.10. The van der Waals surface area contributed by atoms with Crippen molar-refractivity contribution >= 4 is 12.1 Å². The van der Waals surface area contributed by atoms with Gasteiger partial charge in [-0.2, -0.15) is 0 Å². The molecule has 1 atom stereocenters. The lowest BCUT2D eigenvalue weighted by Crippen LogP contribution is -2.43. The zero-order valence-corrected chi connectivity index (χ0v) is 10.2. The number of alkyl carbamates (subject to hydrolysis) is 1. The lowest BCUT2D eigenvalue weighted by Gasteiger charge is -2.23. The third-order valence-corrected chi connectivity index (χ3v) is 1.57. The first kappa shape index (κ1) is 14.5. The highest BCUT2D eigenvalue weighted by atomic mass is 16.6. The van der Waals surface area contributed by atoms with E-state index in [9.17, 15) is 9.59 Å². The zero-order chi connectivity index (χ0) is 12.8. The van der Waals surface area contributed by atoms with E-state index in [1.165, 1.54) is 13.2 Å². The third kappa shape index (κ3) is 6.06. The van der Waals surface area contributed by atoms with E-state index in [2.05, 4.69) is 16.6 Å². The van der Waals surface area contributed by atoms with Crippen molar-refractivity contribution in [1.29, 1.82) is 0 Å². The van der Waals surface area contributed by atoms with E-state index in [1.54, 1.807) is 20.8 Å². The van der Waals surface area contributed by atoms with Crippen molar-refractivity contribution in [3.05, 3.63) is 12.7 Å². The first-order chi connectivity index (χ1) is 7.30. The van der Waals surface area contributed by atoms with Gasteiger partial charge in [0.1, 0.15) is 11.6 Å².